The van der Waals surface area contributed by atoms with Gasteiger partial charge in [0.1, 0.15) is 12.0 Å². The van der Waals surface area contributed by atoms with Crippen molar-refractivity contribution < 1.29 is 19.0 Å². The van der Waals surface area contributed by atoms with Crippen LogP contribution in [0.25, 0.3) is 0 Å². The number of methoxy groups -OCH3 is 2. The maximum atomic E-state index is 10.7. The molecule has 0 atom stereocenters. The lowest BCUT2D eigenvalue weighted by atomic mass is 10.2. The lowest BCUT2D eigenvalue weighted by Crippen LogP contribution is -1.95. The second-order valence-electron chi connectivity index (χ2n) is 3.90. The topological polar surface area (TPSA) is 44.8 Å². The Balaban J connectivity index is 2.41. The van der Waals surface area contributed by atoms with Crippen molar-refractivity contribution in [1.29, 1.82) is 0 Å². The number of halogens is 1. The molecule has 0 aliphatic carbocycles. The number of hydrogen-bond acceptors (Lipinski definition) is 4. The Morgan fingerprint density at radius 2 is 1.65 bits per heavy atom. The zero-order chi connectivity index (χ0) is 14.5. The third kappa shape index (κ3) is 2.86. The molecule has 20 heavy (non-hydrogen) atoms. The molecule has 0 aromatic heterocycles. The van der Waals surface area contributed by atoms with Gasteiger partial charge < -0.3 is 14.2 Å². The molecule has 0 spiro atoms. The third-order valence-corrected chi connectivity index (χ3v) is 2.98. The SMILES string of the molecule is COc1cccc(OC)c1Oc1ccc(C=O)cc1Cl. The van der Waals surface area contributed by atoms with Gasteiger partial charge in [0.2, 0.25) is 5.75 Å². The van der Waals surface area contributed by atoms with Gasteiger partial charge in [0, 0.05) is 5.56 Å². The molecule has 0 unspecified atom stereocenters. The highest BCUT2D eigenvalue weighted by atomic mass is 35.5. The molecule has 0 fully saturated rings. The third-order valence-electron chi connectivity index (χ3n) is 2.69. The minimum Gasteiger partial charge on any atom is -0.493 e. The summed E-state index contributed by atoms with van der Waals surface area (Å²) in [6.07, 6.45) is 0.722. The van der Waals surface area contributed by atoms with Gasteiger partial charge in [0.25, 0.3) is 0 Å². The largest absolute Gasteiger partial charge is 0.493 e. The Bertz CT molecular complexity index is 603. The molecule has 0 aliphatic heterocycles. The van der Waals surface area contributed by atoms with E-state index in [1.54, 1.807) is 44.6 Å². The number of carbonyl (C=O) groups excluding carboxylic acids is 1. The molecular formula is C15H13ClO4. The summed E-state index contributed by atoms with van der Waals surface area (Å²) in [5, 5.41) is 0.336. The van der Waals surface area contributed by atoms with E-state index in [1.807, 2.05) is 0 Å². The van der Waals surface area contributed by atoms with E-state index < -0.39 is 0 Å². The van der Waals surface area contributed by atoms with Gasteiger partial charge in [0.05, 0.1) is 19.2 Å². The number of rotatable bonds is 5. The number of benzene rings is 2. The van der Waals surface area contributed by atoms with Crippen molar-refractivity contribution in [1.82, 2.24) is 0 Å². The molecular weight excluding hydrogens is 280 g/mol. The van der Waals surface area contributed by atoms with Crippen LogP contribution >= 0.6 is 11.6 Å². The molecule has 0 amide bonds. The van der Waals surface area contributed by atoms with Crippen LogP contribution < -0.4 is 14.2 Å². The average molecular weight is 293 g/mol. The Morgan fingerprint density at radius 3 is 2.15 bits per heavy atom. The van der Waals surface area contributed by atoms with Crippen LogP contribution in [-0.4, -0.2) is 20.5 Å². The van der Waals surface area contributed by atoms with Gasteiger partial charge in [-0.2, -0.15) is 0 Å². The van der Waals surface area contributed by atoms with Crippen LogP contribution in [0.15, 0.2) is 36.4 Å². The zero-order valence-electron chi connectivity index (χ0n) is 11.1. The van der Waals surface area contributed by atoms with Crippen LogP contribution in [0.4, 0.5) is 0 Å². The quantitative estimate of drug-likeness (QED) is 0.782. The second-order valence-corrected chi connectivity index (χ2v) is 4.31. The molecule has 2 aromatic rings. The van der Waals surface area contributed by atoms with Crippen molar-refractivity contribution in [3.63, 3.8) is 0 Å². The van der Waals surface area contributed by atoms with Gasteiger partial charge in [0.15, 0.2) is 11.5 Å². The highest BCUT2D eigenvalue weighted by Gasteiger charge is 2.14. The summed E-state index contributed by atoms with van der Waals surface area (Å²) in [5.41, 5.74) is 0.481. The highest BCUT2D eigenvalue weighted by molar-refractivity contribution is 6.32. The van der Waals surface area contributed by atoms with Crippen molar-refractivity contribution in [3.8, 4) is 23.0 Å². The van der Waals surface area contributed by atoms with Crippen LogP contribution in [0, 0.1) is 0 Å². The summed E-state index contributed by atoms with van der Waals surface area (Å²) in [5.74, 6) is 1.90. The zero-order valence-corrected chi connectivity index (χ0v) is 11.8. The molecule has 0 bridgehead atoms. The Kier molecular flexibility index (Phi) is 4.48. The molecule has 0 saturated heterocycles. The summed E-state index contributed by atoms with van der Waals surface area (Å²) in [4.78, 5) is 10.7. The van der Waals surface area contributed by atoms with Crippen molar-refractivity contribution >= 4 is 17.9 Å². The van der Waals surface area contributed by atoms with E-state index >= 15 is 0 Å². The van der Waals surface area contributed by atoms with Crippen molar-refractivity contribution in [2.45, 2.75) is 0 Å². The first-order valence-corrected chi connectivity index (χ1v) is 6.21. The predicted octanol–water partition coefficient (Wildman–Crippen LogP) is 3.96. The van der Waals surface area contributed by atoms with E-state index in [4.69, 9.17) is 25.8 Å². The molecule has 0 radical (unpaired) electrons. The number of ether oxygens (including phenoxy) is 3. The van der Waals surface area contributed by atoms with Crippen LogP contribution in [0.5, 0.6) is 23.0 Å². The highest BCUT2D eigenvalue weighted by Crippen LogP contribution is 2.41. The first kappa shape index (κ1) is 14.2. The fraction of sp³-hybridized carbons (Fsp3) is 0.133. The summed E-state index contributed by atoms with van der Waals surface area (Å²) < 4.78 is 16.2. The smallest absolute Gasteiger partial charge is 0.211 e. The van der Waals surface area contributed by atoms with Crippen LogP contribution in [0.3, 0.4) is 0 Å². The predicted molar refractivity (Wildman–Crippen MR) is 76.5 cm³/mol. The fourth-order valence-electron chi connectivity index (χ4n) is 1.70. The minimum atomic E-state index is 0.336. The molecule has 5 heteroatoms. The Labute approximate surface area is 121 Å². The Morgan fingerprint density at radius 1 is 1.00 bits per heavy atom. The lowest BCUT2D eigenvalue weighted by Gasteiger charge is -2.14. The normalized spacial score (nSPS) is 9.95. The molecule has 0 heterocycles. The minimum absolute atomic E-state index is 0.336. The fourth-order valence-corrected chi connectivity index (χ4v) is 1.93. The summed E-state index contributed by atoms with van der Waals surface area (Å²) >= 11 is 6.08. The first-order chi connectivity index (χ1) is 9.69. The number of para-hydroxylation sites is 1. The van der Waals surface area contributed by atoms with E-state index in [-0.39, 0.29) is 0 Å². The van der Waals surface area contributed by atoms with Crippen molar-refractivity contribution in [2.75, 3.05) is 14.2 Å². The molecule has 2 aromatic carbocycles. The standard InChI is InChI=1S/C15H13ClO4/c1-18-13-4-3-5-14(19-2)15(13)20-12-7-6-10(9-17)8-11(12)16/h3-9H,1-2H3. The average Bonchev–Trinajstić information content (AvgIpc) is 2.49. The summed E-state index contributed by atoms with van der Waals surface area (Å²) in [6, 6.07) is 10.1. The number of carbonyl (C=O) groups is 1. The first-order valence-electron chi connectivity index (χ1n) is 5.83. The monoisotopic (exact) mass is 292 g/mol. The number of hydrogen-bond donors (Lipinski definition) is 0. The van der Waals surface area contributed by atoms with Crippen molar-refractivity contribution in [2.24, 2.45) is 0 Å². The van der Waals surface area contributed by atoms with Gasteiger partial charge in [-0.25, -0.2) is 0 Å². The maximum absolute atomic E-state index is 10.7. The second kappa shape index (κ2) is 6.30. The maximum Gasteiger partial charge on any atom is 0.211 e. The molecule has 0 aliphatic rings. The van der Waals surface area contributed by atoms with E-state index in [1.165, 1.54) is 6.07 Å². The van der Waals surface area contributed by atoms with Gasteiger partial charge in [-0.3, -0.25) is 4.79 Å². The van der Waals surface area contributed by atoms with Crippen molar-refractivity contribution in [3.05, 3.63) is 47.0 Å². The Hall–Kier alpha value is -2.20. The molecule has 104 valence electrons. The van der Waals surface area contributed by atoms with Gasteiger partial charge >= 0.3 is 0 Å². The van der Waals surface area contributed by atoms with Crippen LogP contribution in [-0.2, 0) is 0 Å². The molecule has 2 rings (SSSR count). The lowest BCUT2D eigenvalue weighted by molar-refractivity contribution is 0.112. The summed E-state index contributed by atoms with van der Waals surface area (Å²) in [7, 11) is 3.08. The van der Waals surface area contributed by atoms with Gasteiger partial charge in [-0.05, 0) is 30.3 Å². The van der Waals surface area contributed by atoms with Gasteiger partial charge in [-0.15, -0.1) is 0 Å². The molecule has 0 saturated carbocycles. The van der Waals surface area contributed by atoms with Crippen LogP contribution in [0.1, 0.15) is 10.4 Å². The number of aldehydes is 1. The van der Waals surface area contributed by atoms with E-state index in [2.05, 4.69) is 0 Å². The van der Waals surface area contributed by atoms with Crippen LogP contribution in [0.2, 0.25) is 5.02 Å². The van der Waals surface area contributed by atoms with Gasteiger partial charge in [-0.1, -0.05) is 17.7 Å². The van der Waals surface area contributed by atoms with E-state index in [0.717, 1.165) is 6.29 Å². The van der Waals surface area contributed by atoms with E-state index in [0.29, 0.717) is 33.6 Å². The summed E-state index contributed by atoms with van der Waals surface area (Å²) in [6.45, 7) is 0. The van der Waals surface area contributed by atoms with E-state index in [9.17, 15) is 4.79 Å². The molecule has 0 N–H and O–H groups in total. The molecule has 4 nitrogen and oxygen atoms in total.